The Balaban J connectivity index is 1.59. The summed E-state index contributed by atoms with van der Waals surface area (Å²) < 4.78 is 0. The predicted molar refractivity (Wildman–Crippen MR) is 101 cm³/mol. The molecule has 1 saturated heterocycles. The summed E-state index contributed by atoms with van der Waals surface area (Å²) in [5, 5.41) is 2.95. The first-order valence-electron chi connectivity index (χ1n) is 8.61. The van der Waals surface area contributed by atoms with Crippen molar-refractivity contribution in [2.75, 3.05) is 38.1 Å². The molecule has 5 nitrogen and oxygen atoms in total. The number of benzene rings is 1. The molecule has 1 aliphatic rings. The van der Waals surface area contributed by atoms with E-state index in [-0.39, 0.29) is 5.91 Å². The van der Waals surface area contributed by atoms with Gasteiger partial charge in [0.1, 0.15) is 5.82 Å². The number of piperazine rings is 1. The SMILES string of the molecule is CN1CCN(c2ncccc2CNC(=O)/C=C\c2ccccc2)CC1. The van der Waals surface area contributed by atoms with Crippen molar-refractivity contribution in [1.82, 2.24) is 15.2 Å². The Hall–Kier alpha value is -2.66. The average Bonchev–Trinajstić information content (AvgIpc) is 2.66. The van der Waals surface area contributed by atoms with E-state index in [0.717, 1.165) is 43.1 Å². The number of hydrogen-bond donors (Lipinski definition) is 1. The quantitative estimate of drug-likeness (QED) is 0.850. The first-order valence-corrected chi connectivity index (χ1v) is 8.61. The molecule has 1 N–H and O–H groups in total. The molecule has 2 aromatic rings. The van der Waals surface area contributed by atoms with Gasteiger partial charge in [0.2, 0.25) is 5.91 Å². The third-order valence-corrected chi connectivity index (χ3v) is 4.35. The molecule has 0 aliphatic carbocycles. The van der Waals surface area contributed by atoms with Crippen molar-refractivity contribution < 1.29 is 4.79 Å². The topological polar surface area (TPSA) is 48.5 Å². The number of hydrogen-bond acceptors (Lipinski definition) is 4. The summed E-state index contributed by atoms with van der Waals surface area (Å²) in [4.78, 5) is 21.2. The number of carbonyl (C=O) groups excluding carboxylic acids is 1. The molecule has 1 aromatic carbocycles. The number of pyridine rings is 1. The molecule has 2 heterocycles. The first kappa shape index (κ1) is 17.2. The van der Waals surface area contributed by atoms with Gasteiger partial charge in [-0.25, -0.2) is 4.98 Å². The molecule has 3 rings (SSSR count). The van der Waals surface area contributed by atoms with Crippen molar-refractivity contribution in [3.63, 3.8) is 0 Å². The third-order valence-electron chi connectivity index (χ3n) is 4.35. The van der Waals surface area contributed by atoms with Crippen LogP contribution in [0.3, 0.4) is 0 Å². The zero-order valence-electron chi connectivity index (χ0n) is 14.6. The van der Waals surface area contributed by atoms with Gasteiger partial charge >= 0.3 is 0 Å². The molecule has 0 bridgehead atoms. The molecule has 0 radical (unpaired) electrons. The Bertz CT molecular complexity index is 721. The maximum atomic E-state index is 12.1. The molecule has 0 unspecified atom stereocenters. The van der Waals surface area contributed by atoms with E-state index in [1.54, 1.807) is 6.08 Å². The minimum Gasteiger partial charge on any atom is -0.354 e. The van der Waals surface area contributed by atoms with Gasteiger partial charge in [0.05, 0.1) is 0 Å². The number of likely N-dealkylation sites (N-methyl/N-ethyl adjacent to an activating group) is 1. The lowest BCUT2D eigenvalue weighted by Gasteiger charge is -2.34. The summed E-state index contributed by atoms with van der Waals surface area (Å²) in [6.45, 7) is 4.46. The van der Waals surface area contributed by atoms with Gasteiger partial charge < -0.3 is 15.1 Å². The molecule has 0 atom stereocenters. The van der Waals surface area contributed by atoms with Crippen LogP contribution in [0.15, 0.2) is 54.7 Å². The molecule has 25 heavy (non-hydrogen) atoms. The summed E-state index contributed by atoms with van der Waals surface area (Å²) >= 11 is 0. The van der Waals surface area contributed by atoms with Gasteiger partial charge in [0.25, 0.3) is 0 Å². The number of nitrogens with one attached hydrogen (secondary N) is 1. The van der Waals surface area contributed by atoms with Gasteiger partial charge in [-0.2, -0.15) is 0 Å². The van der Waals surface area contributed by atoms with Crippen LogP contribution in [-0.2, 0) is 11.3 Å². The van der Waals surface area contributed by atoms with E-state index < -0.39 is 0 Å². The van der Waals surface area contributed by atoms with Crippen LogP contribution >= 0.6 is 0 Å². The van der Waals surface area contributed by atoms with Gasteiger partial charge in [-0.1, -0.05) is 36.4 Å². The van der Waals surface area contributed by atoms with E-state index in [9.17, 15) is 4.79 Å². The number of aromatic nitrogens is 1. The molecule has 5 heteroatoms. The summed E-state index contributed by atoms with van der Waals surface area (Å²) in [5.41, 5.74) is 2.06. The lowest BCUT2D eigenvalue weighted by molar-refractivity contribution is -0.116. The fraction of sp³-hybridized carbons (Fsp3) is 0.300. The van der Waals surface area contributed by atoms with E-state index in [0.29, 0.717) is 6.54 Å². The Labute approximate surface area is 149 Å². The van der Waals surface area contributed by atoms with E-state index in [2.05, 4.69) is 27.1 Å². The Morgan fingerprint density at radius 3 is 2.64 bits per heavy atom. The monoisotopic (exact) mass is 336 g/mol. The van der Waals surface area contributed by atoms with Crippen molar-refractivity contribution in [2.24, 2.45) is 0 Å². The van der Waals surface area contributed by atoms with Gasteiger partial charge in [-0.3, -0.25) is 4.79 Å². The molecule has 1 aromatic heterocycles. The molecule has 1 amide bonds. The van der Waals surface area contributed by atoms with E-state index in [4.69, 9.17) is 0 Å². The smallest absolute Gasteiger partial charge is 0.244 e. The third kappa shape index (κ3) is 4.90. The molecular formula is C20H24N4O. The Kier molecular flexibility index (Phi) is 5.80. The van der Waals surface area contributed by atoms with Gasteiger partial charge in [-0.05, 0) is 24.8 Å². The minimum atomic E-state index is -0.1000. The van der Waals surface area contributed by atoms with Gasteiger partial charge in [0, 0.05) is 50.6 Å². The Morgan fingerprint density at radius 2 is 1.88 bits per heavy atom. The fourth-order valence-corrected chi connectivity index (χ4v) is 2.85. The molecule has 0 saturated carbocycles. The molecule has 1 aliphatic heterocycles. The number of amides is 1. The lowest BCUT2D eigenvalue weighted by atomic mass is 10.2. The number of anilines is 1. The highest BCUT2D eigenvalue weighted by molar-refractivity contribution is 5.91. The second-order valence-electron chi connectivity index (χ2n) is 6.24. The van der Waals surface area contributed by atoms with Crippen molar-refractivity contribution in [3.05, 3.63) is 65.9 Å². The second kappa shape index (κ2) is 8.44. The fourth-order valence-electron chi connectivity index (χ4n) is 2.85. The normalized spacial score (nSPS) is 15.5. The Morgan fingerprint density at radius 1 is 1.12 bits per heavy atom. The summed E-state index contributed by atoms with van der Waals surface area (Å²) in [5.74, 6) is 0.875. The molecule has 1 fully saturated rings. The highest BCUT2D eigenvalue weighted by Gasteiger charge is 2.17. The van der Waals surface area contributed by atoms with Crippen LogP contribution in [0.5, 0.6) is 0 Å². The zero-order chi connectivity index (χ0) is 17.5. The van der Waals surface area contributed by atoms with E-state index in [1.165, 1.54) is 0 Å². The van der Waals surface area contributed by atoms with Crippen molar-refractivity contribution >= 4 is 17.8 Å². The van der Waals surface area contributed by atoms with E-state index >= 15 is 0 Å². The second-order valence-corrected chi connectivity index (χ2v) is 6.24. The number of carbonyl (C=O) groups is 1. The van der Waals surface area contributed by atoms with Crippen LogP contribution in [0.1, 0.15) is 11.1 Å². The van der Waals surface area contributed by atoms with Crippen LogP contribution in [0.2, 0.25) is 0 Å². The largest absolute Gasteiger partial charge is 0.354 e. The van der Waals surface area contributed by atoms with Crippen LogP contribution < -0.4 is 10.2 Å². The maximum Gasteiger partial charge on any atom is 0.244 e. The molecule has 0 spiro atoms. The highest BCUT2D eigenvalue weighted by Crippen LogP contribution is 2.18. The summed E-state index contributed by atoms with van der Waals surface area (Å²) in [6.07, 6.45) is 5.20. The summed E-state index contributed by atoms with van der Waals surface area (Å²) in [7, 11) is 2.13. The lowest BCUT2D eigenvalue weighted by Crippen LogP contribution is -2.45. The van der Waals surface area contributed by atoms with Gasteiger partial charge in [-0.15, -0.1) is 0 Å². The number of rotatable bonds is 5. The molecular weight excluding hydrogens is 312 g/mol. The van der Waals surface area contributed by atoms with Crippen LogP contribution in [0.25, 0.3) is 6.08 Å². The molecule has 130 valence electrons. The highest BCUT2D eigenvalue weighted by atomic mass is 16.1. The first-order chi connectivity index (χ1) is 12.2. The van der Waals surface area contributed by atoms with Crippen molar-refractivity contribution in [3.8, 4) is 0 Å². The van der Waals surface area contributed by atoms with Crippen molar-refractivity contribution in [1.29, 1.82) is 0 Å². The minimum absolute atomic E-state index is 0.1000. The average molecular weight is 336 g/mol. The van der Waals surface area contributed by atoms with Crippen LogP contribution in [0.4, 0.5) is 5.82 Å². The van der Waals surface area contributed by atoms with Gasteiger partial charge in [0.15, 0.2) is 0 Å². The standard InChI is InChI=1S/C20H24N4O/c1-23-12-14-24(15-13-23)20-18(8-5-11-21-20)16-22-19(25)10-9-17-6-3-2-4-7-17/h2-11H,12-16H2,1H3,(H,22,25)/b10-9-. The summed E-state index contributed by atoms with van der Waals surface area (Å²) in [6, 6.07) is 13.8. The maximum absolute atomic E-state index is 12.1. The van der Waals surface area contributed by atoms with Crippen LogP contribution in [0, 0.1) is 0 Å². The van der Waals surface area contributed by atoms with E-state index in [1.807, 2.05) is 54.7 Å². The zero-order valence-corrected chi connectivity index (χ0v) is 14.6. The van der Waals surface area contributed by atoms with Crippen LogP contribution in [-0.4, -0.2) is 49.0 Å². The predicted octanol–water partition coefficient (Wildman–Crippen LogP) is 2.16. The number of nitrogens with zero attached hydrogens (tertiary/aromatic N) is 3. The van der Waals surface area contributed by atoms with Crippen molar-refractivity contribution in [2.45, 2.75) is 6.54 Å².